The van der Waals surface area contributed by atoms with Gasteiger partial charge in [0.25, 0.3) is 0 Å². The first-order chi connectivity index (χ1) is 5.61. The first kappa shape index (κ1) is 9.71. The first-order valence-electron chi connectivity index (χ1n) is 3.70. The lowest BCUT2D eigenvalue weighted by Gasteiger charge is -2.03. The zero-order valence-corrected chi connectivity index (χ0v) is 9.22. The fraction of sp³-hybridized carbons (Fsp3) is 0.200. The van der Waals surface area contributed by atoms with Crippen LogP contribution in [0.4, 0.5) is 4.39 Å². The zero-order chi connectivity index (χ0) is 9.14. The highest BCUT2D eigenvalue weighted by atomic mass is 127. The van der Waals surface area contributed by atoms with Crippen molar-refractivity contribution in [1.82, 2.24) is 0 Å². The third-order valence-corrected chi connectivity index (χ3v) is 2.55. The Bertz CT molecular complexity index is 306. The third-order valence-electron chi connectivity index (χ3n) is 1.83. The molecule has 1 rings (SSSR count). The maximum Gasteiger partial charge on any atom is 0.126 e. The van der Waals surface area contributed by atoms with Gasteiger partial charge in [0, 0.05) is 3.58 Å². The summed E-state index contributed by atoms with van der Waals surface area (Å²) in [4.78, 5) is 0. The van der Waals surface area contributed by atoms with Crippen molar-refractivity contribution in [2.24, 2.45) is 0 Å². The highest BCUT2D eigenvalue weighted by molar-refractivity contribution is 14.1. The molecule has 0 aliphatic heterocycles. The predicted molar refractivity (Wildman–Crippen MR) is 58.8 cm³/mol. The molecule has 0 radical (unpaired) electrons. The molecule has 0 aromatic carbocycles. The molecule has 0 amide bonds. The summed E-state index contributed by atoms with van der Waals surface area (Å²) in [6.07, 6.45) is 7.18. The summed E-state index contributed by atoms with van der Waals surface area (Å²) in [6, 6.07) is 0. The van der Waals surface area contributed by atoms with Crippen molar-refractivity contribution in [3.8, 4) is 0 Å². The Morgan fingerprint density at radius 1 is 1.17 bits per heavy atom. The molecule has 0 spiro atoms. The quantitative estimate of drug-likeness (QED) is 0.585. The van der Waals surface area contributed by atoms with Crippen molar-refractivity contribution in [3.63, 3.8) is 0 Å². The summed E-state index contributed by atoms with van der Waals surface area (Å²) in [7, 11) is 0. The van der Waals surface area contributed by atoms with Gasteiger partial charge in [0.2, 0.25) is 0 Å². The van der Waals surface area contributed by atoms with Gasteiger partial charge in [-0.25, -0.2) is 4.39 Å². The lowest BCUT2D eigenvalue weighted by atomic mass is 10.1. The van der Waals surface area contributed by atoms with Crippen molar-refractivity contribution in [2.45, 2.75) is 13.8 Å². The highest BCUT2D eigenvalue weighted by Gasteiger charge is 2.01. The van der Waals surface area contributed by atoms with Crippen molar-refractivity contribution < 1.29 is 4.39 Å². The van der Waals surface area contributed by atoms with E-state index in [0.29, 0.717) is 5.57 Å². The summed E-state index contributed by atoms with van der Waals surface area (Å²) in [6.45, 7) is 3.70. The lowest BCUT2D eigenvalue weighted by Crippen LogP contribution is -1.84. The third kappa shape index (κ3) is 2.30. The number of hydrogen-bond acceptors (Lipinski definition) is 0. The molecule has 0 aromatic heterocycles. The number of hydrogen-bond donors (Lipinski definition) is 0. The molecule has 0 heterocycles. The fourth-order valence-corrected chi connectivity index (χ4v) is 1.21. The van der Waals surface area contributed by atoms with Gasteiger partial charge < -0.3 is 0 Å². The van der Waals surface area contributed by atoms with Crippen LogP contribution < -0.4 is 0 Å². The number of allylic oxidation sites excluding steroid dienone is 8. The van der Waals surface area contributed by atoms with Crippen molar-refractivity contribution in [3.05, 3.63) is 44.9 Å². The van der Waals surface area contributed by atoms with Gasteiger partial charge in [-0.05, 0) is 65.8 Å². The lowest BCUT2D eigenvalue weighted by molar-refractivity contribution is 0.656. The van der Waals surface area contributed by atoms with Crippen LogP contribution in [0, 0.1) is 0 Å². The second-order valence-corrected chi connectivity index (χ2v) is 3.95. The maximum atomic E-state index is 13.2. The summed E-state index contributed by atoms with van der Waals surface area (Å²) in [5, 5.41) is 0. The molecule has 0 bridgehead atoms. The molecule has 1 aliphatic rings. The van der Waals surface area contributed by atoms with Crippen molar-refractivity contribution in [1.29, 1.82) is 0 Å². The summed E-state index contributed by atoms with van der Waals surface area (Å²) in [5.41, 5.74) is 1.69. The molecule has 0 aromatic rings. The van der Waals surface area contributed by atoms with E-state index in [9.17, 15) is 4.39 Å². The van der Waals surface area contributed by atoms with Gasteiger partial charge in [0.15, 0.2) is 0 Å². The minimum Gasteiger partial charge on any atom is -0.207 e. The van der Waals surface area contributed by atoms with Crippen molar-refractivity contribution in [2.75, 3.05) is 0 Å². The van der Waals surface area contributed by atoms with E-state index >= 15 is 0 Å². The van der Waals surface area contributed by atoms with Gasteiger partial charge in [-0.1, -0.05) is 6.08 Å². The Labute approximate surface area is 85.7 Å². The average Bonchev–Trinajstić information content (AvgIpc) is 2.07. The van der Waals surface area contributed by atoms with Crippen LogP contribution in [-0.4, -0.2) is 0 Å². The zero-order valence-electron chi connectivity index (χ0n) is 7.07. The van der Waals surface area contributed by atoms with Crippen LogP contribution >= 0.6 is 22.6 Å². The number of halogens is 2. The molecule has 0 atom stereocenters. The van der Waals surface area contributed by atoms with E-state index in [4.69, 9.17) is 0 Å². The van der Waals surface area contributed by atoms with E-state index < -0.39 is 0 Å². The molecule has 64 valence electrons. The molecule has 0 N–H and O–H groups in total. The molecular weight excluding hydrogens is 266 g/mol. The minimum absolute atomic E-state index is 0.147. The van der Waals surface area contributed by atoms with Crippen LogP contribution in [0.5, 0.6) is 0 Å². The van der Waals surface area contributed by atoms with Gasteiger partial charge >= 0.3 is 0 Å². The van der Waals surface area contributed by atoms with Gasteiger partial charge in [-0.3, -0.25) is 0 Å². The van der Waals surface area contributed by atoms with E-state index in [1.54, 1.807) is 13.0 Å². The van der Waals surface area contributed by atoms with Gasteiger partial charge in [0.1, 0.15) is 5.83 Å². The van der Waals surface area contributed by atoms with Gasteiger partial charge in [-0.15, -0.1) is 0 Å². The van der Waals surface area contributed by atoms with E-state index in [2.05, 4.69) is 22.6 Å². The summed E-state index contributed by atoms with van der Waals surface area (Å²) < 4.78 is 14.2. The summed E-state index contributed by atoms with van der Waals surface area (Å²) >= 11 is 2.17. The van der Waals surface area contributed by atoms with E-state index in [-0.39, 0.29) is 5.83 Å². The van der Waals surface area contributed by atoms with Crippen LogP contribution in [0.15, 0.2) is 44.9 Å². The smallest absolute Gasteiger partial charge is 0.126 e. The monoisotopic (exact) mass is 276 g/mol. The molecule has 0 fully saturated rings. The Morgan fingerprint density at radius 3 is 2.50 bits per heavy atom. The SMILES string of the molecule is CC1=C/C=C(I)\C=C/C(F)=C\1C. The van der Waals surface area contributed by atoms with Gasteiger partial charge in [0.05, 0.1) is 0 Å². The van der Waals surface area contributed by atoms with E-state index in [1.807, 2.05) is 19.1 Å². The Morgan fingerprint density at radius 2 is 1.83 bits per heavy atom. The molecule has 0 unspecified atom stereocenters. The predicted octanol–water partition coefficient (Wildman–Crippen LogP) is 4.06. The second kappa shape index (κ2) is 4.03. The fourth-order valence-electron chi connectivity index (χ4n) is 0.851. The molecule has 2 heteroatoms. The summed E-state index contributed by atoms with van der Waals surface area (Å²) in [5.74, 6) is -0.147. The molecule has 0 saturated carbocycles. The molecule has 0 nitrogen and oxygen atoms in total. The van der Waals surface area contributed by atoms with E-state index in [0.717, 1.165) is 9.15 Å². The van der Waals surface area contributed by atoms with Crippen LogP contribution in [-0.2, 0) is 0 Å². The maximum absolute atomic E-state index is 13.2. The number of rotatable bonds is 0. The molecule has 0 saturated heterocycles. The van der Waals surface area contributed by atoms with E-state index in [1.165, 1.54) is 6.08 Å². The standard InChI is InChI=1S/C10H10FI/c1-7-3-4-9(12)5-6-10(11)8(7)2/h3-6H,1-2H3/b4-3?,6-5-,7-3-,8-7?,9-4+,9-5?,10-6?,10-8+. The first-order valence-corrected chi connectivity index (χ1v) is 4.78. The van der Waals surface area contributed by atoms with Crippen LogP contribution in [0.3, 0.4) is 0 Å². The second-order valence-electron chi connectivity index (χ2n) is 2.71. The molecule has 1 aliphatic carbocycles. The topological polar surface area (TPSA) is 0 Å². The van der Waals surface area contributed by atoms with Crippen LogP contribution in [0.2, 0.25) is 0 Å². The average molecular weight is 276 g/mol. The Balaban J connectivity index is 3.12. The van der Waals surface area contributed by atoms with Crippen molar-refractivity contribution >= 4 is 22.6 Å². The Kier molecular flexibility index (Phi) is 3.26. The molecule has 12 heavy (non-hydrogen) atoms. The van der Waals surface area contributed by atoms with Gasteiger partial charge in [-0.2, -0.15) is 0 Å². The van der Waals surface area contributed by atoms with Crippen LogP contribution in [0.1, 0.15) is 13.8 Å². The largest absolute Gasteiger partial charge is 0.207 e. The minimum atomic E-state index is -0.147. The van der Waals surface area contributed by atoms with Crippen LogP contribution in [0.25, 0.3) is 0 Å². The molecular formula is C10H10FI. The highest BCUT2D eigenvalue weighted by Crippen LogP contribution is 2.21. The Hall–Kier alpha value is -0.380. The normalized spacial score (nSPS) is 35.7.